The predicted molar refractivity (Wildman–Crippen MR) is 67.2 cm³/mol. The van der Waals surface area contributed by atoms with Crippen molar-refractivity contribution in [3.05, 3.63) is 0 Å². The van der Waals surface area contributed by atoms with Crippen molar-refractivity contribution >= 4 is 19.9 Å². The van der Waals surface area contributed by atoms with Crippen molar-refractivity contribution in [1.82, 2.24) is 9.62 Å². The van der Waals surface area contributed by atoms with Gasteiger partial charge >= 0.3 is 0 Å². The van der Waals surface area contributed by atoms with E-state index >= 15 is 0 Å². The molecule has 0 aliphatic carbocycles. The maximum absolute atomic E-state index is 11.3. The molecule has 0 spiro atoms. The molecule has 1 atom stereocenters. The number of sulfonamides is 1. The van der Waals surface area contributed by atoms with Crippen LogP contribution in [0.1, 0.15) is 13.3 Å². The Balaban J connectivity index is 2.33. The van der Waals surface area contributed by atoms with Gasteiger partial charge in [-0.15, -0.1) is 0 Å². The topological polar surface area (TPSA) is 83.6 Å². The summed E-state index contributed by atoms with van der Waals surface area (Å²) in [6, 6.07) is 0.0665. The lowest BCUT2D eigenvalue weighted by atomic mass is 10.3. The first-order chi connectivity index (χ1) is 7.74. The Morgan fingerprint density at radius 3 is 2.41 bits per heavy atom. The van der Waals surface area contributed by atoms with Gasteiger partial charge in [-0.25, -0.2) is 21.1 Å². The van der Waals surface area contributed by atoms with Gasteiger partial charge in [0.05, 0.1) is 12.0 Å². The molecule has 0 aromatic carbocycles. The molecule has 0 saturated carbocycles. The van der Waals surface area contributed by atoms with Crippen LogP contribution in [0.3, 0.4) is 0 Å². The minimum Gasteiger partial charge on any atom is -0.312 e. The van der Waals surface area contributed by atoms with Crippen LogP contribution in [-0.4, -0.2) is 64.6 Å². The van der Waals surface area contributed by atoms with E-state index in [1.54, 1.807) is 6.92 Å². The number of hydrogen-bond acceptors (Lipinski definition) is 5. The van der Waals surface area contributed by atoms with Gasteiger partial charge in [-0.2, -0.15) is 0 Å². The predicted octanol–water partition coefficient (Wildman–Crippen LogP) is -0.955. The third-order valence-electron chi connectivity index (χ3n) is 2.91. The van der Waals surface area contributed by atoms with Crippen LogP contribution in [0.25, 0.3) is 0 Å². The standard InChI is InChI=1S/C9H20N2O4S2/c1-3-17(14,15)7-5-10-9-4-6-11(8-9)16(2,12)13/h9-10H,3-8H2,1-2H3. The lowest BCUT2D eigenvalue weighted by molar-refractivity contribution is 0.464. The van der Waals surface area contributed by atoms with Gasteiger partial charge in [0.15, 0.2) is 9.84 Å². The highest BCUT2D eigenvalue weighted by molar-refractivity contribution is 7.91. The van der Waals surface area contributed by atoms with Crippen LogP contribution in [-0.2, 0) is 19.9 Å². The summed E-state index contributed by atoms with van der Waals surface area (Å²) in [6.07, 6.45) is 1.93. The molecule has 0 aromatic rings. The molecule has 1 aliphatic heterocycles. The molecule has 1 aliphatic rings. The van der Waals surface area contributed by atoms with Gasteiger partial charge in [-0.1, -0.05) is 6.92 Å². The molecule has 1 rings (SSSR count). The highest BCUT2D eigenvalue weighted by Crippen LogP contribution is 2.12. The summed E-state index contributed by atoms with van der Waals surface area (Å²) in [6.45, 7) is 2.96. The molecule has 0 amide bonds. The van der Waals surface area contributed by atoms with Gasteiger partial charge in [0.25, 0.3) is 0 Å². The van der Waals surface area contributed by atoms with Gasteiger partial charge in [-0.05, 0) is 6.42 Å². The Bertz CT molecular complexity index is 444. The molecule has 0 aromatic heterocycles. The number of hydrogen-bond donors (Lipinski definition) is 1. The summed E-state index contributed by atoms with van der Waals surface area (Å²) in [4.78, 5) is 0. The second kappa shape index (κ2) is 5.64. The lowest BCUT2D eigenvalue weighted by Crippen LogP contribution is -2.37. The zero-order chi connectivity index (χ0) is 13.1. The minimum absolute atomic E-state index is 0.0665. The van der Waals surface area contributed by atoms with Crippen LogP contribution in [0, 0.1) is 0 Å². The van der Waals surface area contributed by atoms with E-state index in [9.17, 15) is 16.8 Å². The first-order valence-corrected chi connectivity index (χ1v) is 9.30. The van der Waals surface area contributed by atoms with Gasteiger partial charge in [0.1, 0.15) is 0 Å². The zero-order valence-corrected chi connectivity index (χ0v) is 11.8. The van der Waals surface area contributed by atoms with Gasteiger partial charge in [-0.3, -0.25) is 0 Å². The van der Waals surface area contributed by atoms with Crippen LogP contribution < -0.4 is 5.32 Å². The molecule has 1 heterocycles. The van der Waals surface area contributed by atoms with Crippen molar-refractivity contribution in [3.63, 3.8) is 0 Å². The first-order valence-electron chi connectivity index (χ1n) is 5.63. The summed E-state index contributed by atoms with van der Waals surface area (Å²) >= 11 is 0. The third-order valence-corrected chi connectivity index (χ3v) is 5.88. The number of nitrogens with one attached hydrogen (secondary N) is 1. The van der Waals surface area contributed by atoms with E-state index in [2.05, 4.69) is 5.32 Å². The fourth-order valence-electron chi connectivity index (χ4n) is 1.76. The quantitative estimate of drug-likeness (QED) is 0.679. The van der Waals surface area contributed by atoms with Crippen LogP contribution in [0.5, 0.6) is 0 Å². The van der Waals surface area contributed by atoms with Gasteiger partial charge in [0.2, 0.25) is 10.0 Å². The van der Waals surface area contributed by atoms with E-state index in [1.807, 2.05) is 0 Å². The van der Waals surface area contributed by atoms with Crippen molar-refractivity contribution in [2.75, 3.05) is 37.4 Å². The molecular weight excluding hydrogens is 264 g/mol. The Hall–Kier alpha value is -0.180. The maximum atomic E-state index is 11.3. The molecule has 1 fully saturated rings. The minimum atomic E-state index is -3.12. The van der Waals surface area contributed by atoms with E-state index in [1.165, 1.54) is 10.6 Å². The average molecular weight is 284 g/mol. The highest BCUT2D eigenvalue weighted by Gasteiger charge is 2.28. The molecule has 8 heteroatoms. The third kappa shape index (κ3) is 4.90. The van der Waals surface area contributed by atoms with Crippen LogP contribution in [0.2, 0.25) is 0 Å². The second-order valence-electron chi connectivity index (χ2n) is 4.30. The fourth-order valence-corrected chi connectivity index (χ4v) is 3.36. The second-order valence-corrected chi connectivity index (χ2v) is 8.75. The zero-order valence-electron chi connectivity index (χ0n) is 10.2. The fraction of sp³-hybridized carbons (Fsp3) is 1.00. The highest BCUT2D eigenvalue weighted by atomic mass is 32.2. The number of sulfone groups is 1. The van der Waals surface area contributed by atoms with Crippen LogP contribution in [0.4, 0.5) is 0 Å². The Morgan fingerprint density at radius 1 is 1.29 bits per heavy atom. The van der Waals surface area contributed by atoms with Crippen molar-refractivity contribution in [2.45, 2.75) is 19.4 Å². The van der Waals surface area contributed by atoms with Crippen molar-refractivity contribution in [1.29, 1.82) is 0 Å². The molecule has 6 nitrogen and oxygen atoms in total. The van der Waals surface area contributed by atoms with E-state index in [-0.39, 0.29) is 17.5 Å². The first kappa shape index (κ1) is 14.9. The molecule has 0 bridgehead atoms. The monoisotopic (exact) mass is 284 g/mol. The number of rotatable bonds is 6. The Kier molecular flexibility index (Phi) is 4.94. The molecule has 1 N–H and O–H groups in total. The summed E-state index contributed by atoms with van der Waals surface area (Å²) in [5.74, 6) is 0.258. The molecule has 1 saturated heterocycles. The SMILES string of the molecule is CCS(=O)(=O)CCNC1CCN(S(C)(=O)=O)C1. The van der Waals surface area contributed by atoms with E-state index in [4.69, 9.17) is 0 Å². The van der Waals surface area contributed by atoms with Gasteiger partial charge in [0, 0.05) is 31.4 Å². The molecule has 0 radical (unpaired) electrons. The average Bonchev–Trinajstić information content (AvgIpc) is 2.66. The van der Waals surface area contributed by atoms with E-state index in [0.717, 1.165) is 6.42 Å². The molecular formula is C9H20N2O4S2. The summed E-state index contributed by atoms with van der Waals surface area (Å²) in [7, 11) is -6.07. The lowest BCUT2D eigenvalue weighted by Gasteiger charge is -2.14. The molecule has 1 unspecified atom stereocenters. The molecule has 17 heavy (non-hydrogen) atoms. The summed E-state index contributed by atoms with van der Waals surface area (Å²) in [5, 5.41) is 3.09. The van der Waals surface area contributed by atoms with Gasteiger partial charge < -0.3 is 5.32 Å². The van der Waals surface area contributed by atoms with Crippen LogP contribution >= 0.6 is 0 Å². The Morgan fingerprint density at radius 2 is 1.94 bits per heavy atom. The molecule has 102 valence electrons. The largest absolute Gasteiger partial charge is 0.312 e. The van der Waals surface area contributed by atoms with E-state index < -0.39 is 19.9 Å². The number of nitrogens with zero attached hydrogens (tertiary/aromatic N) is 1. The maximum Gasteiger partial charge on any atom is 0.211 e. The smallest absolute Gasteiger partial charge is 0.211 e. The normalized spacial score (nSPS) is 23.1. The Labute approximate surface area is 103 Å². The van der Waals surface area contributed by atoms with E-state index in [0.29, 0.717) is 19.6 Å². The summed E-state index contributed by atoms with van der Waals surface area (Å²) < 4.78 is 46.4. The van der Waals surface area contributed by atoms with Crippen molar-refractivity contribution in [3.8, 4) is 0 Å². The van der Waals surface area contributed by atoms with Crippen molar-refractivity contribution < 1.29 is 16.8 Å². The summed E-state index contributed by atoms with van der Waals surface area (Å²) in [5.41, 5.74) is 0. The van der Waals surface area contributed by atoms with Crippen molar-refractivity contribution in [2.24, 2.45) is 0 Å². The van der Waals surface area contributed by atoms with Crippen LogP contribution in [0.15, 0.2) is 0 Å².